The van der Waals surface area contributed by atoms with Crippen LogP contribution in [0.25, 0.3) is 0 Å². The zero-order valence-corrected chi connectivity index (χ0v) is 8.80. The van der Waals surface area contributed by atoms with Crippen molar-refractivity contribution in [2.24, 2.45) is 0 Å². The van der Waals surface area contributed by atoms with Crippen LogP contribution >= 0.6 is 11.3 Å². The van der Waals surface area contributed by atoms with E-state index in [4.69, 9.17) is 5.11 Å². The molecule has 2 N–H and O–H groups in total. The Morgan fingerprint density at radius 3 is 3.07 bits per heavy atom. The fourth-order valence-electron chi connectivity index (χ4n) is 0.930. The highest BCUT2D eigenvalue weighted by Gasteiger charge is 2.06. The van der Waals surface area contributed by atoms with E-state index in [1.54, 1.807) is 11.4 Å². The lowest BCUT2D eigenvalue weighted by atomic mass is 10.3. The van der Waals surface area contributed by atoms with Crippen molar-refractivity contribution in [1.29, 1.82) is 0 Å². The molecule has 0 aliphatic carbocycles. The maximum absolute atomic E-state index is 10.6. The van der Waals surface area contributed by atoms with Crippen molar-refractivity contribution in [1.82, 2.24) is 5.32 Å². The average Bonchev–Trinajstić information content (AvgIpc) is 2.62. The molecule has 0 amide bonds. The van der Waals surface area contributed by atoms with Gasteiger partial charge in [0.15, 0.2) is 0 Å². The average molecular weight is 211 g/mol. The summed E-state index contributed by atoms with van der Waals surface area (Å²) >= 11 is 1.45. The second kappa shape index (κ2) is 4.93. The molecule has 1 aromatic rings. The minimum atomic E-state index is -0.871. The maximum Gasteiger partial charge on any atom is 0.336 e. The Bertz CT molecular complexity index is 333. The van der Waals surface area contributed by atoms with Crippen LogP contribution in [-0.4, -0.2) is 17.1 Å². The SMILES string of the molecule is C=CC(C)NCc1cc(C(=O)O)cs1. The number of carboxylic acids is 1. The second-order valence-electron chi connectivity index (χ2n) is 3.01. The standard InChI is InChI=1S/C10H13NO2S/c1-3-7(2)11-5-9-4-8(6-14-9)10(12)13/h3-4,6-7,11H,1,5H2,2H3,(H,12,13). The largest absolute Gasteiger partial charge is 0.478 e. The van der Waals surface area contributed by atoms with Crippen molar-refractivity contribution >= 4 is 17.3 Å². The van der Waals surface area contributed by atoms with Gasteiger partial charge in [0.1, 0.15) is 0 Å². The van der Waals surface area contributed by atoms with E-state index in [1.165, 1.54) is 11.3 Å². The molecular formula is C10H13NO2S. The lowest BCUT2D eigenvalue weighted by molar-refractivity contribution is 0.0697. The molecule has 0 aliphatic rings. The minimum Gasteiger partial charge on any atom is -0.478 e. The summed E-state index contributed by atoms with van der Waals surface area (Å²) in [5.74, 6) is -0.871. The molecule has 14 heavy (non-hydrogen) atoms. The third-order valence-corrected chi connectivity index (χ3v) is 2.79. The summed E-state index contributed by atoms with van der Waals surface area (Å²) < 4.78 is 0. The Balaban J connectivity index is 2.51. The van der Waals surface area contributed by atoms with Crippen molar-refractivity contribution in [3.05, 3.63) is 34.5 Å². The number of thiophene rings is 1. The first-order chi connectivity index (χ1) is 6.63. The first-order valence-corrected chi connectivity index (χ1v) is 5.18. The van der Waals surface area contributed by atoms with Gasteiger partial charge in [0.25, 0.3) is 0 Å². The zero-order valence-electron chi connectivity index (χ0n) is 7.99. The van der Waals surface area contributed by atoms with E-state index in [9.17, 15) is 4.79 Å². The van der Waals surface area contributed by atoms with E-state index in [-0.39, 0.29) is 6.04 Å². The summed E-state index contributed by atoms with van der Waals surface area (Å²) in [4.78, 5) is 11.6. The molecule has 0 spiro atoms. The number of carbonyl (C=O) groups is 1. The van der Waals surface area contributed by atoms with Crippen molar-refractivity contribution in [2.45, 2.75) is 19.5 Å². The van der Waals surface area contributed by atoms with Crippen LogP contribution in [0.15, 0.2) is 24.1 Å². The zero-order chi connectivity index (χ0) is 10.6. The van der Waals surface area contributed by atoms with Crippen LogP contribution in [0, 0.1) is 0 Å². The van der Waals surface area contributed by atoms with Gasteiger partial charge in [-0.25, -0.2) is 4.79 Å². The van der Waals surface area contributed by atoms with Crippen LogP contribution in [0.4, 0.5) is 0 Å². The first-order valence-electron chi connectivity index (χ1n) is 4.30. The first kappa shape index (κ1) is 10.9. The summed E-state index contributed by atoms with van der Waals surface area (Å²) in [5.41, 5.74) is 0.359. The van der Waals surface area contributed by atoms with Gasteiger partial charge in [-0.1, -0.05) is 6.08 Å². The maximum atomic E-state index is 10.6. The van der Waals surface area contributed by atoms with Crippen LogP contribution in [0.1, 0.15) is 22.2 Å². The summed E-state index contributed by atoms with van der Waals surface area (Å²) in [5, 5.41) is 13.5. The van der Waals surface area contributed by atoms with Gasteiger partial charge < -0.3 is 10.4 Å². The van der Waals surface area contributed by atoms with E-state index in [0.717, 1.165) is 4.88 Å². The van der Waals surface area contributed by atoms with E-state index < -0.39 is 5.97 Å². The van der Waals surface area contributed by atoms with Gasteiger partial charge in [0.2, 0.25) is 0 Å². The number of nitrogens with one attached hydrogen (secondary N) is 1. The van der Waals surface area contributed by atoms with Gasteiger partial charge in [0, 0.05) is 22.8 Å². The third-order valence-electron chi connectivity index (χ3n) is 1.85. The molecule has 76 valence electrons. The van der Waals surface area contributed by atoms with Gasteiger partial charge in [-0.2, -0.15) is 0 Å². The smallest absolute Gasteiger partial charge is 0.336 e. The van der Waals surface area contributed by atoms with Crippen LogP contribution < -0.4 is 5.32 Å². The van der Waals surface area contributed by atoms with Gasteiger partial charge in [-0.15, -0.1) is 17.9 Å². The molecular weight excluding hydrogens is 198 g/mol. The number of hydrogen-bond donors (Lipinski definition) is 2. The van der Waals surface area contributed by atoms with Crippen molar-refractivity contribution in [2.75, 3.05) is 0 Å². The van der Waals surface area contributed by atoms with Gasteiger partial charge in [-0.05, 0) is 13.0 Å². The molecule has 0 saturated carbocycles. The van der Waals surface area contributed by atoms with E-state index >= 15 is 0 Å². The van der Waals surface area contributed by atoms with Gasteiger partial charge >= 0.3 is 5.97 Å². The molecule has 0 fully saturated rings. The molecule has 0 aliphatic heterocycles. The van der Waals surface area contributed by atoms with Crippen LogP contribution in [0.3, 0.4) is 0 Å². The molecule has 0 bridgehead atoms. The lowest BCUT2D eigenvalue weighted by Crippen LogP contribution is -2.22. The molecule has 1 heterocycles. The van der Waals surface area contributed by atoms with Crippen LogP contribution in [0.5, 0.6) is 0 Å². The van der Waals surface area contributed by atoms with Gasteiger partial charge in [0.05, 0.1) is 5.56 Å². The molecule has 1 atom stereocenters. The molecule has 0 radical (unpaired) electrons. The fraction of sp³-hybridized carbons (Fsp3) is 0.300. The summed E-state index contributed by atoms with van der Waals surface area (Å²) in [6, 6.07) is 1.93. The fourth-order valence-corrected chi connectivity index (χ4v) is 1.74. The highest BCUT2D eigenvalue weighted by Crippen LogP contribution is 2.14. The summed E-state index contributed by atoms with van der Waals surface area (Å²) in [6.45, 7) is 6.34. The molecule has 0 aromatic carbocycles. The topological polar surface area (TPSA) is 49.3 Å². The van der Waals surface area contributed by atoms with E-state index in [2.05, 4.69) is 11.9 Å². The quantitative estimate of drug-likeness (QED) is 0.733. The number of carboxylic acid groups (broad SMARTS) is 1. The summed E-state index contributed by atoms with van der Waals surface area (Å²) in [6.07, 6.45) is 1.81. The lowest BCUT2D eigenvalue weighted by Gasteiger charge is -2.06. The molecule has 1 aromatic heterocycles. The van der Waals surface area contributed by atoms with Crippen LogP contribution in [0.2, 0.25) is 0 Å². The molecule has 3 nitrogen and oxygen atoms in total. The van der Waals surface area contributed by atoms with E-state index in [1.807, 2.05) is 13.0 Å². The third kappa shape index (κ3) is 2.97. The number of aromatic carboxylic acids is 1. The van der Waals surface area contributed by atoms with Crippen molar-refractivity contribution in [3.8, 4) is 0 Å². The molecule has 0 saturated heterocycles. The van der Waals surface area contributed by atoms with Crippen LogP contribution in [-0.2, 0) is 6.54 Å². The predicted molar refractivity (Wildman–Crippen MR) is 57.8 cm³/mol. The Morgan fingerprint density at radius 2 is 2.57 bits per heavy atom. The van der Waals surface area contributed by atoms with Crippen molar-refractivity contribution in [3.63, 3.8) is 0 Å². The second-order valence-corrected chi connectivity index (χ2v) is 4.01. The predicted octanol–water partition coefficient (Wildman–Crippen LogP) is 2.11. The highest BCUT2D eigenvalue weighted by molar-refractivity contribution is 7.10. The number of rotatable bonds is 5. The Labute approximate surface area is 87.1 Å². The Kier molecular flexibility index (Phi) is 3.85. The Hall–Kier alpha value is -1.13. The number of hydrogen-bond acceptors (Lipinski definition) is 3. The monoisotopic (exact) mass is 211 g/mol. The Morgan fingerprint density at radius 1 is 1.86 bits per heavy atom. The van der Waals surface area contributed by atoms with Crippen molar-refractivity contribution < 1.29 is 9.90 Å². The molecule has 1 rings (SSSR count). The molecule has 4 heteroatoms. The highest BCUT2D eigenvalue weighted by atomic mass is 32.1. The normalized spacial score (nSPS) is 12.4. The van der Waals surface area contributed by atoms with Gasteiger partial charge in [-0.3, -0.25) is 0 Å². The minimum absolute atomic E-state index is 0.241. The molecule has 1 unspecified atom stereocenters. The summed E-state index contributed by atoms with van der Waals surface area (Å²) in [7, 11) is 0. The van der Waals surface area contributed by atoms with E-state index in [0.29, 0.717) is 12.1 Å².